The average molecular weight is 611 g/mol. The number of carbonyl (C=O) groups is 2. The van der Waals surface area contributed by atoms with Gasteiger partial charge in [-0.1, -0.05) is 13.8 Å². The van der Waals surface area contributed by atoms with E-state index < -0.39 is 5.41 Å². The van der Waals surface area contributed by atoms with Gasteiger partial charge in [0.15, 0.2) is 0 Å². The van der Waals surface area contributed by atoms with Crippen molar-refractivity contribution in [1.82, 2.24) is 5.32 Å². The highest BCUT2D eigenvalue weighted by Gasteiger charge is 2.42. The Balaban J connectivity index is 1.76. The third kappa shape index (κ3) is 5.72. The van der Waals surface area contributed by atoms with Gasteiger partial charge in [-0.25, -0.2) is 15.0 Å². The molecule has 236 valence electrons. The van der Waals surface area contributed by atoms with E-state index in [9.17, 15) is 14.7 Å². The molecule has 0 radical (unpaired) electrons. The van der Waals surface area contributed by atoms with Crippen LogP contribution in [-0.4, -0.2) is 48.4 Å². The smallest absolute Gasteiger partial charge is 0.305 e. The highest BCUT2D eigenvalue weighted by molar-refractivity contribution is 6.18. The summed E-state index contributed by atoms with van der Waals surface area (Å²) in [5, 5.41) is 15.2. The molecule has 0 spiro atoms. The molecule has 8 bridgehead atoms. The van der Waals surface area contributed by atoms with Crippen LogP contribution in [0.5, 0.6) is 0 Å². The number of carbonyl (C=O) groups excluding carboxylic acids is 2. The first-order valence-electron chi connectivity index (χ1n) is 15.5. The van der Waals surface area contributed by atoms with E-state index in [2.05, 4.69) is 39.1 Å². The molecule has 5 aliphatic heterocycles. The van der Waals surface area contributed by atoms with Crippen molar-refractivity contribution in [3.8, 4) is 0 Å². The van der Waals surface area contributed by atoms with Gasteiger partial charge in [0.05, 0.1) is 59.6 Å². The molecule has 5 aliphatic rings. The zero-order valence-electron chi connectivity index (χ0n) is 27.5. The van der Waals surface area contributed by atoms with Gasteiger partial charge in [-0.15, -0.1) is 0 Å². The molecule has 9 nitrogen and oxygen atoms in total. The normalized spacial score (nSPS) is 22.5. The quantitative estimate of drug-likeness (QED) is 0.287. The number of hydrogen-bond acceptors (Lipinski definition) is 9. The molecule has 0 saturated carbocycles. The van der Waals surface area contributed by atoms with Gasteiger partial charge in [0.2, 0.25) is 0 Å². The summed E-state index contributed by atoms with van der Waals surface area (Å²) in [4.78, 5) is 39.5. The Bertz CT molecular complexity index is 1730. The summed E-state index contributed by atoms with van der Waals surface area (Å²) in [6.07, 6.45) is 10.5. The lowest BCUT2D eigenvalue weighted by Gasteiger charge is -2.25. The number of nitrogens with zero attached hydrogens (tertiary/aromatic N) is 3. The van der Waals surface area contributed by atoms with E-state index in [1.165, 1.54) is 19.8 Å². The lowest BCUT2D eigenvalue weighted by atomic mass is 9.80. The van der Waals surface area contributed by atoms with Crippen LogP contribution in [0.25, 0.3) is 0 Å². The monoisotopic (exact) mass is 610 g/mol. The first-order valence-corrected chi connectivity index (χ1v) is 15.5. The highest BCUT2D eigenvalue weighted by atomic mass is 16.5. The molecule has 5 heterocycles. The molecule has 9 heteroatoms. The van der Waals surface area contributed by atoms with E-state index in [0.29, 0.717) is 24.2 Å². The van der Waals surface area contributed by atoms with Crippen LogP contribution in [0.3, 0.4) is 0 Å². The van der Waals surface area contributed by atoms with Crippen LogP contribution in [0.2, 0.25) is 0 Å². The number of nitrogens with one attached hydrogen (secondary N) is 1. The van der Waals surface area contributed by atoms with E-state index in [0.717, 1.165) is 74.9 Å². The number of hydrogen-bond donors (Lipinski definition) is 2. The van der Waals surface area contributed by atoms with E-state index >= 15 is 0 Å². The molecule has 1 atom stereocenters. The first-order chi connectivity index (χ1) is 21.4. The fraction of sp³-hybridized carbons (Fsp3) is 0.417. The van der Waals surface area contributed by atoms with Crippen molar-refractivity contribution in [3.05, 3.63) is 92.0 Å². The minimum Gasteiger partial charge on any atom is -0.509 e. The second-order valence-electron chi connectivity index (χ2n) is 12.0. The molecule has 2 N–H and O–H groups in total. The number of aliphatic hydroxyl groups excluding tert-OH is 1. The van der Waals surface area contributed by atoms with Gasteiger partial charge in [0.1, 0.15) is 5.76 Å². The molecular formula is C36H42N4O5. The predicted octanol–water partition coefficient (Wildman–Crippen LogP) is 6.95. The molecule has 0 aromatic carbocycles. The summed E-state index contributed by atoms with van der Waals surface area (Å²) in [6, 6.07) is 0. The number of aliphatic hydroxyl groups is 1. The summed E-state index contributed by atoms with van der Waals surface area (Å²) >= 11 is 0. The molecule has 45 heavy (non-hydrogen) atoms. The number of methoxy groups -OCH3 is 2. The van der Waals surface area contributed by atoms with Gasteiger partial charge in [-0.2, -0.15) is 0 Å². The van der Waals surface area contributed by atoms with Crippen LogP contribution in [0.1, 0.15) is 80.1 Å². The van der Waals surface area contributed by atoms with Crippen molar-refractivity contribution in [3.63, 3.8) is 0 Å². The van der Waals surface area contributed by atoms with Crippen molar-refractivity contribution in [2.45, 2.75) is 80.1 Å². The Morgan fingerprint density at radius 2 is 1.29 bits per heavy atom. The number of fused-ring (bicyclic) bond motifs is 5. The van der Waals surface area contributed by atoms with E-state index in [1.807, 2.05) is 32.1 Å². The van der Waals surface area contributed by atoms with Crippen molar-refractivity contribution in [2.24, 2.45) is 20.4 Å². The Hall–Kier alpha value is -4.53. The number of ether oxygens (including phenoxy) is 2. The Kier molecular flexibility index (Phi) is 8.83. The standard InChI is InChI=1S/C36H42N4O5/c1-9-22-19(3)25-15-26-21(5)24(11-12-33(41)44-7)29(38-26)17-31-35(43)36(6,14-13-34(42)45-8)32(40-31)18-30-23(10-2)20(4)27(39-30)16-28(22)37-25/h15-18,40,43H,9-14H2,1-8H3. The molecule has 0 fully saturated rings. The molecule has 0 aromatic heterocycles. The average Bonchev–Trinajstić information content (AvgIpc) is 3.67. The topological polar surface area (TPSA) is 122 Å². The van der Waals surface area contributed by atoms with Gasteiger partial charge >= 0.3 is 11.9 Å². The Labute approximate surface area is 265 Å². The fourth-order valence-electron chi connectivity index (χ4n) is 6.51. The van der Waals surface area contributed by atoms with E-state index in [4.69, 9.17) is 24.5 Å². The lowest BCUT2D eigenvalue weighted by molar-refractivity contribution is -0.141. The van der Waals surface area contributed by atoms with Crippen molar-refractivity contribution in [2.75, 3.05) is 14.2 Å². The first kappa shape index (κ1) is 31.9. The minimum absolute atomic E-state index is 0.102. The van der Waals surface area contributed by atoms with E-state index in [-0.39, 0.29) is 30.5 Å². The molecule has 1 unspecified atom stereocenters. The van der Waals surface area contributed by atoms with Crippen LogP contribution in [0.4, 0.5) is 0 Å². The maximum atomic E-state index is 12.2. The second-order valence-corrected chi connectivity index (χ2v) is 12.0. The van der Waals surface area contributed by atoms with Crippen molar-refractivity contribution in [1.29, 1.82) is 0 Å². The van der Waals surface area contributed by atoms with Crippen LogP contribution < -0.4 is 5.32 Å². The molecule has 0 amide bonds. The largest absolute Gasteiger partial charge is 0.509 e. The maximum absolute atomic E-state index is 12.2. The summed E-state index contributed by atoms with van der Waals surface area (Å²) in [6.45, 7) is 12.3. The summed E-state index contributed by atoms with van der Waals surface area (Å²) in [5.74, 6) is -0.558. The van der Waals surface area contributed by atoms with Gasteiger partial charge < -0.3 is 19.9 Å². The Morgan fingerprint density at radius 3 is 1.87 bits per heavy atom. The van der Waals surface area contributed by atoms with Gasteiger partial charge in [-0.05, 0) is 111 Å². The lowest BCUT2D eigenvalue weighted by Crippen LogP contribution is -2.24. The van der Waals surface area contributed by atoms with E-state index in [1.54, 1.807) is 0 Å². The Morgan fingerprint density at radius 1 is 0.756 bits per heavy atom. The molecule has 5 rings (SSSR count). The molecular weight excluding hydrogens is 568 g/mol. The third-order valence-electron chi connectivity index (χ3n) is 9.48. The van der Waals surface area contributed by atoms with Gasteiger partial charge in [0.25, 0.3) is 0 Å². The summed E-state index contributed by atoms with van der Waals surface area (Å²) < 4.78 is 9.86. The van der Waals surface area contributed by atoms with Gasteiger partial charge in [0, 0.05) is 18.5 Å². The zero-order chi connectivity index (χ0) is 32.6. The zero-order valence-corrected chi connectivity index (χ0v) is 27.5. The summed E-state index contributed by atoms with van der Waals surface area (Å²) in [7, 11) is 2.74. The minimum atomic E-state index is -0.910. The van der Waals surface area contributed by atoms with Crippen LogP contribution in [0, 0.1) is 5.41 Å². The van der Waals surface area contributed by atoms with Crippen LogP contribution in [-0.2, 0) is 19.1 Å². The molecule has 0 aromatic rings. The number of esters is 2. The maximum Gasteiger partial charge on any atom is 0.305 e. The third-order valence-corrected chi connectivity index (χ3v) is 9.48. The summed E-state index contributed by atoms with van der Waals surface area (Å²) in [5.41, 5.74) is 11.4. The number of allylic oxidation sites excluding steroid dienone is 10. The SMILES string of the molecule is CCC1=C(C)C2=CC3=NC(=CC4=C(O)C(C)(CCC(=O)OC)C(=CC5=NC(=CC1=N2)C(C)=C5CC)N4)C(CCC(=O)OC)=C3C. The molecule has 0 saturated heterocycles. The van der Waals surface area contributed by atoms with Crippen molar-refractivity contribution < 1.29 is 24.2 Å². The predicted molar refractivity (Wildman–Crippen MR) is 177 cm³/mol. The van der Waals surface area contributed by atoms with Crippen LogP contribution in [0.15, 0.2) is 107 Å². The van der Waals surface area contributed by atoms with Crippen LogP contribution >= 0.6 is 0 Å². The highest BCUT2D eigenvalue weighted by Crippen LogP contribution is 2.46. The fourth-order valence-corrected chi connectivity index (χ4v) is 6.51. The van der Waals surface area contributed by atoms with Gasteiger partial charge in [-0.3, -0.25) is 9.59 Å². The second kappa shape index (κ2) is 12.5. The number of rotatable bonds is 8. The number of aliphatic imine (C=N–C) groups is 3. The molecule has 0 aliphatic carbocycles. The van der Waals surface area contributed by atoms with Crippen molar-refractivity contribution >= 4 is 29.1 Å².